The summed E-state index contributed by atoms with van der Waals surface area (Å²) in [5, 5.41) is 10.4. The molecule has 1 aromatic heterocycles. The molecule has 4 atom stereocenters. The number of nitrogens with one attached hydrogen (secondary N) is 1. The van der Waals surface area contributed by atoms with Gasteiger partial charge in [-0.2, -0.15) is 0 Å². The maximum absolute atomic E-state index is 12.1. The Morgan fingerprint density at radius 1 is 1.15 bits per heavy atom. The molecule has 27 heavy (non-hydrogen) atoms. The summed E-state index contributed by atoms with van der Waals surface area (Å²) in [5.41, 5.74) is 2.41. The van der Waals surface area contributed by atoms with Gasteiger partial charge in [-0.05, 0) is 18.1 Å². The molecule has 4 rings (SSSR count). The van der Waals surface area contributed by atoms with E-state index in [0.29, 0.717) is 31.6 Å². The summed E-state index contributed by atoms with van der Waals surface area (Å²) in [7, 11) is 0. The van der Waals surface area contributed by atoms with E-state index in [9.17, 15) is 9.90 Å². The summed E-state index contributed by atoms with van der Waals surface area (Å²) in [6.07, 6.45) is 0.707. The average molecular weight is 391 g/mol. The monoisotopic (exact) mass is 390 g/mol. The number of quaternary nitrogens is 1. The summed E-state index contributed by atoms with van der Waals surface area (Å²) in [6, 6.07) is 15.7. The standard InChI is InChI=1S/C21H26N2O3.ClH/c24-19(15-26-14-16-5-2-1-3-6-16)13-22-10-17-9-18(12-22)20-7-4-8-21(25)23(20)11-17;/h1-8,17-19,24H,9-15H2;1H/t17-,18+,19?;/m0./s1. The Balaban J connectivity index is 0.00000210. The van der Waals surface area contributed by atoms with Crippen LogP contribution in [0.3, 0.4) is 0 Å². The first kappa shape index (κ1) is 20.1. The molecule has 0 amide bonds. The van der Waals surface area contributed by atoms with Gasteiger partial charge in [0.1, 0.15) is 12.6 Å². The number of halogens is 1. The molecule has 2 aliphatic rings. The summed E-state index contributed by atoms with van der Waals surface area (Å²) < 4.78 is 7.63. The van der Waals surface area contributed by atoms with Gasteiger partial charge in [-0.25, -0.2) is 0 Å². The van der Waals surface area contributed by atoms with Crippen molar-refractivity contribution in [2.45, 2.75) is 31.6 Å². The van der Waals surface area contributed by atoms with Crippen molar-refractivity contribution in [2.24, 2.45) is 5.92 Å². The first-order chi connectivity index (χ1) is 12.7. The number of nitrogens with zero attached hydrogens (tertiary/aromatic N) is 1. The Kier molecular flexibility index (Phi) is 6.71. The number of benzene rings is 1. The van der Waals surface area contributed by atoms with Crippen LogP contribution in [-0.4, -0.2) is 42.0 Å². The first-order valence-corrected chi connectivity index (χ1v) is 9.52. The van der Waals surface area contributed by atoms with Crippen LogP contribution in [0, 0.1) is 5.92 Å². The quantitative estimate of drug-likeness (QED) is 0.570. The Hall–Kier alpha value is -1.66. The Bertz CT molecular complexity index is 796. The number of piperidine rings is 1. The van der Waals surface area contributed by atoms with Crippen LogP contribution in [0.25, 0.3) is 0 Å². The predicted octanol–water partition coefficient (Wildman–Crippen LogP) is -2.57. The molecule has 0 radical (unpaired) electrons. The summed E-state index contributed by atoms with van der Waals surface area (Å²) >= 11 is 0. The highest BCUT2D eigenvalue weighted by Crippen LogP contribution is 2.29. The second-order valence-corrected chi connectivity index (χ2v) is 7.72. The van der Waals surface area contributed by atoms with Gasteiger partial charge in [0.2, 0.25) is 0 Å². The smallest absolute Gasteiger partial charge is 0.250 e. The first-order valence-electron chi connectivity index (χ1n) is 9.52. The molecular weight excluding hydrogens is 364 g/mol. The molecule has 0 aliphatic carbocycles. The van der Waals surface area contributed by atoms with E-state index in [1.807, 2.05) is 41.0 Å². The maximum Gasteiger partial charge on any atom is 0.250 e. The molecular formula is C21H27ClN2O3. The van der Waals surface area contributed by atoms with Crippen molar-refractivity contribution >= 4 is 0 Å². The molecule has 2 bridgehead atoms. The van der Waals surface area contributed by atoms with E-state index >= 15 is 0 Å². The van der Waals surface area contributed by atoms with Gasteiger partial charge in [0.25, 0.3) is 5.56 Å². The fraction of sp³-hybridized carbons (Fsp3) is 0.476. The minimum absolute atomic E-state index is 0. The van der Waals surface area contributed by atoms with Crippen molar-refractivity contribution in [2.75, 3.05) is 26.2 Å². The zero-order chi connectivity index (χ0) is 17.9. The highest BCUT2D eigenvalue weighted by molar-refractivity contribution is 5.15. The lowest BCUT2D eigenvalue weighted by atomic mass is 9.83. The summed E-state index contributed by atoms with van der Waals surface area (Å²) in [4.78, 5) is 13.5. The second-order valence-electron chi connectivity index (χ2n) is 7.72. The van der Waals surface area contributed by atoms with Crippen LogP contribution in [0.15, 0.2) is 53.3 Å². The van der Waals surface area contributed by atoms with Gasteiger partial charge in [-0.15, -0.1) is 0 Å². The molecule has 1 saturated heterocycles. The van der Waals surface area contributed by atoms with Crippen LogP contribution in [0.2, 0.25) is 0 Å². The number of rotatable bonds is 6. The third kappa shape index (κ3) is 4.79. The van der Waals surface area contributed by atoms with E-state index in [2.05, 4.69) is 6.07 Å². The molecule has 0 spiro atoms. The molecule has 5 nitrogen and oxygen atoms in total. The number of fused-ring (bicyclic) bond motifs is 4. The summed E-state index contributed by atoms with van der Waals surface area (Å²) in [5.74, 6) is 0.942. The topological polar surface area (TPSA) is 55.9 Å². The SMILES string of the molecule is O=c1cccc2n1C[C@H]1C[C@@H]2C[NH+](CC(O)COCc2ccccc2)C1.[Cl-]. The van der Waals surface area contributed by atoms with Gasteiger partial charge in [0.05, 0.1) is 26.3 Å². The van der Waals surface area contributed by atoms with Crippen LogP contribution < -0.4 is 22.9 Å². The molecule has 146 valence electrons. The summed E-state index contributed by atoms with van der Waals surface area (Å²) in [6.45, 7) is 4.43. The Morgan fingerprint density at radius 2 is 1.96 bits per heavy atom. The molecule has 1 fully saturated rings. The lowest BCUT2D eigenvalue weighted by Gasteiger charge is -2.40. The highest BCUT2D eigenvalue weighted by Gasteiger charge is 2.37. The van der Waals surface area contributed by atoms with E-state index in [-0.39, 0.29) is 18.0 Å². The lowest BCUT2D eigenvalue weighted by Crippen LogP contribution is -3.15. The zero-order valence-corrected chi connectivity index (χ0v) is 16.1. The van der Waals surface area contributed by atoms with E-state index in [1.54, 1.807) is 6.07 Å². The second kappa shape index (κ2) is 9.02. The van der Waals surface area contributed by atoms with Gasteiger partial charge in [0, 0.05) is 30.1 Å². The van der Waals surface area contributed by atoms with Crippen LogP contribution in [-0.2, 0) is 17.9 Å². The molecule has 2 aliphatic heterocycles. The van der Waals surface area contributed by atoms with Crippen molar-refractivity contribution in [1.29, 1.82) is 0 Å². The minimum Gasteiger partial charge on any atom is -1.00 e. The minimum atomic E-state index is -0.453. The number of ether oxygens (including phenoxy) is 1. The average Bonchev–Trinajstić information content (AvgIpc) is 2.63. The zero-order valence-electron chi connectivity index (χ0n) is 15.4. The van der Waals surface area contributed by atoms with Crippen molar-refractivity contribution < 1.29 is 27.2 Å². The highest BCUT2D eigenvalue weighted by atomic mass is 35.5. The van der Waals surface area contributed by atoms with Gasteiger partial charge < -0.3 is 31.7 Å². The molecule has 0 saturated carbocycles. The van der Waals surface area contributed by atoms with E-state index in [1.165, 1.54) is 10.6 Å². The molecule has 2 aromatic rings. The molecule has 1 aromatic carbocycles. The predicted molar refractivity (Wildman–Crippen MR) is 99.2 cm³/mol. The number of likely N-dealkylation sites (tertiary alicyclic amines) is 1. The number of aliphatic hydroxyl groups is 1. The third-order valence-electron chi connectivity index (χ3n) is 5.62. The fourth-order valence-electron chi connectivity index (χ4n) is 4.57. The molecule has 3 heterocycles. The van der Waals surface area contributed by atoms with Crippen LogP contribution >= 0.6 is 0 Å². The van der Waals surface area contributed by atoms with Crippen molar-refractivity contribution in [1.82, 2.24) is 4.57 Å². The molecule has 6 heteroatoms. The van der Waals surface area contributed by atoms with Gasteiger partial charge >= 0.3 is 0 Å². The van der Waals surface area contributed by atoms with Gasteiger partial charge in [-0.1, -0.05) is 36.4 Å². The van der Waals surface area contributed by atoms with Crippen molar-refractivity contribution in [3.63, 3.8) is 0 Å². The van der Waals surface area contributed by atoms with E-state index in [4.69, 9.17) is 4.74 Å². The largest absolute Gasteiger partial charge is 1.00 e. The number of pyridine rings is 1. The Labute approximate surface area is 166 Å². The number of aromatic nitrogens is 1. The fourth-order valence-corrected chi connectivity index (χ4v) is 4.57. The van der Waals surface area contributed by atoms with Crippen LogP contribution in [0.5, 0.6) is 0 Å². The van der Waals surface area contributed by atoms with Crippen LogP contribution in [0.1, 0.15) is 23.6 Å². The van der Waals surface area contributed by atoms with Crippen molar-refractivity contribution in [3.8, 4) is 0 Å². The Morgan fingerprint density at radius 3 is 2.78 bits per heavy atom. The van der Waals surface area contributed by atoms with E-state index in [0.717, 1.165) is 31.6 Å². The number of aliphatic hydroxyl groups excluding tert-OH is 1. The van der Waals surface area contributed by atoms with Crippen molar-refractivity contribution in [3.05, 3.63) is 70.1 Å². The van der Waals surface area contributed by atoms with E-state index < -0.39 is 6.10 Å². The maximum atomic E-state index is 12.1. The number of hydrogen-bond donors (Lipinski definition) is 2. The molecule has 2 unspecified atom stereocenters. The normalized spacial score (nSPS) is 24.6. The van der Waals surface area contributed by atoms with Crippen LogP contribution in [0.4, 0.5) is 0 Å². The lowest BCUT2D eigenvalue weighted by molar-refractivity contribution is -0.914. The van der Waals surface area contributed by atoms with Gasteiger partial charge in [-0.3, -0.25) is 4.79 Å². The molecule has 2 N–H and O–H groups in total. The number of hydrogen-bond acceptors (Lipinski definition) is 3. The third-order valence-corrected chi connectivity index (χ3v) is 5.62. The van der Waals surface area contributed by atoms with Gasteiger partial charge in [0.15, 0.2) is 0 Å².